The molecule has 1 N–H and O–H groups in total. The summed E-state index contributed by atoms with van der Waals surface area (Å²) in [6.07, 6.45) is 1.66. The first-order valence-electron chi connectivity index (χ1n) is 5.12. The van der Waals surface area contributed by atoms with E-state index in [2.05, 4.69) is 15.3 Å². The Balaban J connectivity index is 2.42. The Morgan fingerprint density at radius 1 is 1.35 bits per heavy atom. The van der Waals surface area contributed by atoms with Crippen LogP contribution in [0.2, 0.25) is 5.02 Å². The van der Waals surface area contributed by atoms with Crippen LogP contribution in [0.1, 0.15) is 5.69 Å². The molecule has 2 rings (SSSR count). The van der Waals surface area contributed by atoms with E-state index >= 15 is 0 Å². The number of rotatable bonds is 3. The van der Waals surface area contributed by atoms with Gasteiger partial charge in [0.15, 0.2) is 5.82 Å². The summed E-state index contributed by atoms with van der Waals surface area (Å²) < 4.78 is 12.9. The third-order valence-corrected chi connectivity index (χ3v) is 2.56. The highest BCUT2D eigenvalue weighted by Gasteiger charge is 2.08. The number of benzene rings is 1. The van der Waals surface area contributed by atoms with Crippen molar-refractivity contribution in [2.45, 2.75) is 6.54 Å². The van der Waals surface area contributed by atoms with Gasteiger partial charge in [0.2, 0.25) is 0 Å². The van der Waals surface area contributed by atoms with E-state index in [9.17, 15) is 4.39 Å². The Morgan fingerprint density at radius 3 is 2.88 bits per heavy atom. The molecular weight excluding hydrogens is 241 g/mol. The highest BCUT2D eigenvalue weighted by Crippen LogP contribution is 2.25. The number of hydrogen-bond donors (Lipinski definition) is 1. The van der Waals surface area contributed by atoms with Crippen molar-refractivity contribution in [3.05, 3.63) is 47.0 Å². The summed E-state index contributed by atoms with van der Waals surface area (Å²) in [5.74, 6) is 0.132. The molecule has 0 radical (unpaired) electrons. The van der Waals surface area contributed by atoms with E-state index in [-0.39, 0.29) is 5.82 Å². The zero-order chi connectivity index (χ0) is 12.3. The van der Waals surface area contributed by atoms with Crippen molar-refractivity contribution < 1.29 is 4.39 Å². The summed E-state index contributed by atoms with van der Waals surface area (Å²) in [7, 11) is 1.84. The molecule has 0 saturated carbocycles. The zero-order valence-corrected chi connectivity index (χ0v) is 10.0. The molecule has 0 amide bonds. The Bertz CT molecular complexity index is 531. The highest BCUT2D eigenvalue weighted by atomic mass is 35.5. The minimum atomic E-state index is -0.370. The van der Waals surface area contributed by atoms with E-state index in [0.717, 1.165) is 5.69 Å². The van der Waals surface area contributed by atoms with Gasteiger partial charge in [0.25, 0.3) is 0 Å². The predicted octanol–water partition coefficient (Wildman–Crippen LogP) is 2.66. The van der Waals surface area contributed by atoms with Crippen molar-refractivity contribution in [1.82, 2.24) is 15.3 Å². The molecular formula is C12H11ClFN3. The second kappa shape index (κ2) is 5.21. The van der Waals surface area contributed by atoms with Crippen LogP contribution in [0.25, 0.3) is 11.4 Å². The summed E-state index contributed by atoms with van der Waals surface area (Å²) >= 11 is 5.96. The SMILES string of the molecule is CNCc1ccnc(-c2ccc(F)cc2Cl)n1. The molecule has 0 aliphatic heterocycles. The minimum Gasteiger partial charge on any atom is -0.314 e. The van der Waals surface area contributed by atoms with Gasteiger partial charge in [-0.05, 0) is 31.3 Å². The molecule has 1 aromatic carbocycles. The van der Waals surface area contributed by atoms with Crippen molar-refractivity contribution in [2.24, 2.45) is 0 Å². The maximum absolute atomic E-state index is 12.9. The monoisotopic (exact) mass is 251 g/mol. The number of halogens is 2. The van der Waals surface area contributed by atoms with Gasteiger partial charge in [0.05, 0.1) is 10.7 Å². The van der Waals surface area contributed by atoms with E-state index in [1.54, 1.807) is 12.3 Å². The predicted molar refractivity (Wildman–Crippen MR) is 65.2 cm³/mol. The lowest BCUT2D eigenvalue weighted by atomic mass is 10.2. The van der Waals surface area contributed by atoms with Crippen molar-refractivity contribution in [3.63, 3.8) is 0 Å². The van der Waals surface area contributed by atoms with Crippen LogP contribution in [0.5, 0.6) is 0 Å². The largest absolute Gasteiger partial charge is 0.314 e. The lowest BCUT2D eigenvalue weighted by molar-refractivity contribution is 0.628. The van der Waals surface area contributed by atoms with E-state index in [4.69, 9.17) is 11.6 Å². The second-order valence-electron chi connectivity index (χ2n) is 3.53. The Kier molecular flexibility index (Phi) is 3.66. The Labute approximate surface area is 104 Å². The molecule has 0 spiro atoms. The van der Waals surface area contributed by atoms with E-state index in [1.807, 2.05) is 13.1 Å². The first-order chi connectivity index (χ1) is 8.20. The van der Waals surface area contributed by atoms with Gasteiger partial charge in [-0.2, -0.15) is 0 Å². The zero-order valence-electron chi connectivity index (χ0n) is 9.24. The summed E-state index contributed by atoms with van der Waals surface area (Å²) in [6.45, 7) is 0.647. The maximum atomic E-state index is 12.9. The average molecular weight is 252 g/mol. The van der Waals surface area contributed by atoms with Gasteiger partial charge in [0, 0.05) is 18.3 Å². The van der Waals surface area contributed by atoms with E-state index in [1.165, 1.54) is 12.1 Å². The van der Waals surface area contributed by atoms with Gasteiger partial charge in [-0.15, -0.1) is 0 Å². The van der Waals surface area contributed by atoms with Gasteiger partial charge < -0.3 is 5.32 Å². The normalized spacial score (nSPS) is 10.5. The first kappa shape index (κ1) is 12.0. The van der Waals surface area contributed by atoms with Crippen LogP contribution in [0.15, 0.2) is 30.5 Å². The molecule has 0 bridgehead atoms. The van der Waals surface area contributed by atoms with Crippen molar-refractivity contribution in [1.29, 1.82) is 0 Å². The second-order valence-corrected chi connectivity index (χ2v) is 3.93. The lowest BCUT2D eigenvalue weighted by Crippen LogP contribution is -2.07. The van der Waals surface area contributed by atoms with Crippen LogP contribution >= 0.6 is 11.6 Å². The highest BCUT2D eigenvalue weighted by molar-refractivity contribution is 6.33. The van der Waals surface area contributed by atoms with Crippen molar-refractivity contribution in [2.75, 3.05) is 7.05 Å². The third kappa shape index (κ3) is 2.78. The molecule has 88 valence electrons. The third-order valence-electron chi connectivity index (χ3n) is 2.24. The number of aromatic nitrogens is 2. The smallest absolute Gasteiger partial charge is 0.160 e. The molecule has 2 aromatic rings. The van der Waals surface area contributed by atoms with E-state index < -0.39 is 0 Å². The van der Waals surface area contributed by atoms with Crippen LogP contribution in [0, 0.1) is 5.82 Å². The lowest BCUT2D eigenvalue weighted by Gasteiger charge is -2.05. The van der Waals surface area contributed by atoms with Crippen LogP contribution in [-0.4, -0.2) is 17.0 Å². The van der Waals surface area contributed by atoms with E-state index in [0.29, 0.717) is 23.0 Å². The molecule has 0 fully saturated rings. The summed E-state index contributed by atoms with van der Waals surface area (Å²) in [6, 6.07) is 5.99. The number of hydrogen-bond acceptors (Lipinski definition) is 3. The Hall–Kier alpha value is -1.52. The minimum absolute atomic E-state index is 0.312. The number of nitrogens with one attached hydrogen (secondary N) is 1. The average Bonchev–Trinajstić information content (AvgIpc) is 2.29. The van der Waals surface area contributed by atoms with Crippen LogP contribution < -0.4 is 5.32 Å². The van der Waals surface area contributed by atoms with Crippen LogP contribution in [0.3, 0.4) is 0 Å². The molecule has 17 heavy (non-hydrogen) atoms. The molecule has 0 saturated heterocycles. The standard InChI is InChI=1S/C12H11ClFN3/c1-15-7-9-4-5-16-12(17-9)10-3-2-8(14)6-11(10)13/h2-6,15H,7H2,1H3. The fourth-order valence-electron chi connectivity index (χ4n) is 1.48. The maximum Gasteiger partial charge on any atom is 0.160 e. The molecule has 0 atom stereocenters. The number of nitrogens with zero attached hydrogens (tertiary/aromatic N) is 2. The van der Waals surface area contributed by atoms with Crippen LogP contribution in [-0.2, 0) is 6.54 Å². The van der Waals surface area contributed by atoms with Crippen molar-refractivity contribution in [3.8, 4) is 11.4 Å². The van der Waals surface area contributed by atoms with Gasteiger partial charge in [0.1, 0.15) is 5.82 Å². The molecule has 0 unspecified atom stereocenters. The molecule has 5 heteroatoms. The molecule has 3 nitrogen and oxygen atoms in total. The molecule has 0 aliphatic rings. The molecule has 0 aliphatic carbocycles. The topological polar surface area (TPSA) is 37.8 Å². The van der Waals surface area contributed by atoms with Gasteiger partial charge in [-0.1, -0.05) is 11.6 Å². The fourth-order valence-corrected chi connectivity index (χ4v) is 1.73. The summed E-state index contributed by atoms with van der Waals surface area (Å²) in [4.78, 5) is 8.48. The van der Waals surface area contributed by atoms with Crippen LogP contribution in [0.4, 0.5) is 4.39 Å². The van der Waals surface area contributed by atoms with Gasteiger partial charge in [-0.25, -0.2) is 14.4 Å². The first-order valence-corrected chi connectivity index (χ1v) is 5.50. The molecule has 1 aromatic heterocycles. The molecule has 1 heterocycles. The van der Waals surface area contributed by atoms with Gasteiger partial charge >= 0.3 is 0 Å². The summed E-state index contributed by atoms with van der Waals surface area (Å²) in [5.41, 5.74) is 1.49. The quantitative estimate of drug-likeness (QED) is 0.911. The van der Waals surface area contributed by atoms with Gasteiger partial charge in [-0.3, -0.25) is 0 Å². The Morgan fingerprint density at radius 2 is 2.18 bits per heavy atom. The summed E-state index contributed by atoms with van der Waals surface area (Å²) in [5, 5.41) is 3.31. The van der Waals surface area contributed by atoms with Crippen molar-refractivity contribution >= 4 is 11.6 Å². The fraction of sp³-hybridized carbons (Fsp3) is 0.167.